The first-order chi connectivity index (χ1) is 5.70. The van der Waals surface area contributed by atoms with Gasteiger partial charge in [-0.05, 0) is 18.6 Å². The quantitative estimate of drug-likeness (QED) is 0.603. The molecule has 1 amide bonds. The monoisotopic (exact) mass is 163 g/mol. The summed E-state index contributed by atoms with van der Waals surface area (Å²) in [5.41, 5.74) is 1.30. The normalized spacial score (nSPS) is 20.4. The standard InChI is InChI=1S/C9H9NO2/c1-5-6-3-2-4-7(11)8(6)9(12)10-5/h2-5,11H,1H3,(H,10,12). The number of fused-ring (bicyclic) bond motifs is 1. The highest BCUT2D eigenvalue weighted by atomic mass is 16.3. The SMILES string of the molecule is CC1NC(=O)c2c(O)cccc21. The van der Waals surface area contributed by atoms with E-state index in [4.69, 9.17) is 0 Å². The number of carbonyl (C=O) groups excluding carboxylic acids is 1. The maximum atomic E-state index is 11.2. The lowest BCUT2D eigenvalue weighted by molar-refractivity contribution is 0.0956. The number of carbonyl (C=O) groups is 1. The van der Waals surface area contributed by atoms with Gasteiger partial charge in [0.15, 0.2) is 0 Å². The molecule has 1 heterocycles. The molecule has 2 rings (SSSR count). The number of nitrogens with one attached hydrogen (secondary N) is 1. The molecule has 0 aromatic heterocycles. The zero-order valence-corrected chi connectivity index (χ0v) is 6.66. The van der Waals surface area contributed by atoms with E-state index in [0.29, 0.717) is 5.56 Å². The topological polar surface area (TPSA) is 49.3 Å². The molecule has 0 spiro atoms. The number of hydrogen-bond acceptors (Lipinski definition) is 2. The second-order valence-corrected chi connectivity index (χ2v) is 2.94. The van der Waals surface area contributed by atoms with Crippen LogP contribution in [0.4, 0.5) is 0 Å². The third-order valence-electron chi connectivity index (χ3n) is 2.12. The lowest BCUT2D eigenvalue weighted by Crippen LogP contribution is -2.16. The molecule has 1 aromatic carbocycles. The Morgan fingerprint density at radius 1 is 1.50 bits per heavy atom. The first kappa shape index (κ1) is 7.16. The average Bonchev–Trinajstić information content (AvgIpc) is 2.29. The molecule has 1 aliphatic heterocycles. The van der Waals surface area contributed by atoms with Gasteiger partial charge in [0.2, 0.25) is 0 Å². The largest absolute Gasteiger partial charge is 0.507 e. The number of phenolic OH excluding ortho intramolecular Hbond substituents is 1. The van der Waals surface area contributed by atoms with E-state index in [-0.39, 0.29) is 17.7 Å². The lowest BCUT2D eigenvalue weighted by Gasteiger charge is -2.02. The van der Waals surface area contributed by atoms with Crippen LogP contribution < -0.4 is 5.32 Å². The molecule has 0 radical (unpaired) electrons. The predicted octanol–water partition coefficient (Wildman–Crippen LogP) is 1.20. The molecule has 1 aliphatic rings. The Labute approximate surface area is 70.0 Å². The van der Waals surface area contributed by atoms with Crippen LogP contribution in [-0.4, -0.2) is 11.0 Å². The number of amides is 1. The van der Waals surface area contributed by atoms with Crippen molar-refractivity contribution < 1.29 is 9.90 Å². The first-order valence-electron chi connectivity index (χ1n) is 3.83. The van der Waals surface area contributed by atoms with Crippen molar-refractivity contribution in [3.8, 4) is 5.75 Å². The van der Waals surface area contributed by atoms with E-state index in [2.05, 4.69) is 5.32 Å². The Balaban J connectivity index is 2.67. The van der Waals surface area contributed by atoms with E-state index in [1.54, 1.807) is 6.07 Å². The van der Waals surface area contributed by atoms with Crippen molar-refractivity contribution in [3.63, 3.8) is 0 Å². The van der Waals surface area contributed by atoms with Gasteiger partial charge in [-0.25, -0.2) is 0 Å². The maximum absolute atomic E-state index is 11.2. The molecule has 3 nitrogen and oxygen atoms in total. The molecule has 3 heteroatoms. The Bertz CT molecular complexity index is 346. The highest BCUT2D eigenvalue weighted by Crippen LogP contribution is 2.30. The van der Waals surface area contributed by atoms with Crippen LogP contribution in [0.3, 0.4) is 0 Å². The smallest absolute Gasteiger partial charge is 0.255 e. The van der Waals surface area contributed by atoms with Crippen molar-refractivity contribution in [2.45, 2.75) is 13.0 Å². The molecular formula is C9H9NO2. The van der Waals surface area contributed by atoms with Crippen molar-refractivity contribution in [2.75, 3.05) is 0 Å². The van der Waals surface area contributed by atoms with Crippen molar-refractivity contribution in [1.29, 1.82) is 0 Å². The predicted molar refractivity (Wildman–Crippen MR) is 44.0 cm³/mol. The molecule has 0 saturated heterocycles. The van der Waals surface area contributed by atoms with Gasteiger partial charge in [0.05, 0.1) is 11.6 Å². The molecule has 0 fully saturated rings. The van der Waals surface area contributed by atoms with Crippen LogP contribution in [0.1, 0.15) is 28.9 Å². The van der Waals surface area contributed by atoms with E-state index >= 15 is 0 Å². The molecule has 12 heavy (non-hydrogen) atoms. The lowest BCUT2D eigenvalue weighted by atomic mass is 10.1. The molecule has 62 valence electrons. The molecular weight excluding hydrogens is 154 g/mol. The van der Waals surface area contributed by atoms with E-state index in [0.717, 1.165) is 5.56 Å². The first-order valence-corrected chi connectivity index (χ1v) is 3.83. The summed E-state index contributed by atoms with van der Waals surface area (Å²) in [6, 6.07) is 5.12. The second kappa shape index (κ2) is 2.24. The fraction of sp³-hybridized carbons (Fsp3) is 0.222. The Morgan fingerprint density at radius 2 is 2.25 bits per heavy atom. The van der Waals surface area contributed by atoms with Crippen LogP contribution in [0.2, 0.25) is 0 Å². The maximum Gasteiger partial charge on any atom is 0.255 e. The molecule has 1 atom stereocenters. The van der Waals surface area contributed by atoms with Crippen molar-refractivity contribution in [1.82, 2.24) is 5.32 Å². The Morgan fingerprint density at radius 3 is 2.92 bits per heavy atom. The van der Waals surface area contributed by atoms with Gasteiger partial charge < -0.3 is 10.4 Å². The highest BCUT2D eigenvalue weighted by molar-refractivity contribution is 6.01. The minimum absolute atomic E-state index is 0.0135. The summed E-state index contributed by atoms with van der Waals surface area (Å²) in [5.74, 6) is -0.120. The van der Waals surface area contributed by atoms with Gasteiger partial charge in [-0.2, -0.15) is 0 Å². The van der Waals surface area contributed by atoms with Crippen LogP contribution in [0.5, 0.6) is 5.75 Å². The van der Waals surface area contributed by atoms with Gasteiger partial charge in [-0.1, -0.05) is 12.1 Å². The molecule has 2 N–H and O–H groups in total. The Hall–Kier alpha value is -1.51. The number of benzene rings is 1. The van der Waals surface area contributed by atoms with E-state index in [1.165, 1.54) is 6.07 Å². The molecule has 0 saturated carbocycles. The minimum Gasteiger partial charge on any atom is -0.507 e. The summed E-state index contributed by atoms with van der Waals surface area (Å²) in [5, 5.41) is 12.1. The van der Waals surface area contributed by atoms with E-state index in [1.807, 2.05) is 13.0 Å². The fourth-order valence-electron chi connectivity index (χ4n) is 1.51. The second-order valence-electron chi connectivity index (χ2n) is 2.94. The van der Waals surface area contributed by atoms with Crippen molar-refractivity contribution in [3.05, 3.63) is 29.3 Å². The van der Waals surface area contributed by atoms with Gasteiger partial charge in [0, 0.05) is 0 Å². The number of phenols is 1. The van der Waals surface area contributed by atoms with Crippen molar-refractivity contribution >= 4 is 5.91 Å². The molecule has 0 aliphatic carbocycles. The van der Waals surface area contributed by atoms with Gasteiger partial charge in [-0.3, -0.25) is 4.79 Å². The summed E-state index contributed by atoms with van der Waals surface area (Å²) >= 11 is 0. The fourth-order valence-corrected chi connectivity index (χ4v) is 1.51. The summed E-state index contributed by atoms with van der Waals surface area (Å²) < 4.78 is 0. The number of aromatic hydroxyl groups is 1. The summed E-state index contributed by atoms with van der Waals surface area (Å²) in [4.78, 5) is 11.2. The van der Waals surface area contributed by atoms with Crippen LogP contribution in [0, 0.1) is 0 Å². The zero-order valence-electron chi connectivity index (χ0n) is 6.66. The third kappa shape index (κ3) is 0.794. The average molecular weight is 163 g/mol. The number of hydrogen-bond donors (Lipinski definition) is 2. The van der Waals surface area contributed by atoms with Gasteiger partial charge >= 0.3 is 0 Å². The highest BCUT2D eigenvalue weighted by Gasteiger charge is 2.27. The van der Waals surface area contributed by atoms with Gasteiger partial charge in [-0.15, -0.1) is 0 Å². The summed E-state index contributed by atoms with van der Waals surface area (Å²) in [7, 11) is 0. The minimum atomic E-state index is -0.185. The molecule has 0 bridgehead atoms. The van der Waals surface area contributed by atoms with Crippen LogP contribution in [-0.2, 0) is 0 Å². The van der Waals surface area contributed by atoms with Crippen LogP contribution in [0.15, 0.2) is 18.2 Å². The summed E-state index contributed by atoms with van der Waals surface area (Å²) in [6.45, 7) is 1.89. The molecule has 1 unspecified atom stereocenters. The van der Waals surface area contributed by atoms with E-state index < -0.39 is 0 Å². The van der Waals surface area contributed by atoms with Gasteiger partial charge in [0.1, 0.15) is 5.75 Å². The van der Waals surface area contributed by atoms with Crippen LogP contribution in [0.25, 0.3) is 0 Å². The van der Waals surface area contributed by atoms with E-state index in [9.17, 15) is 9.90 Å². The van der Waals surface area contributed by atoms with Gasteiger partial charge in [0.25, 0.3) is 5.91 Å². The summed E-state index contributed by atoms with van der Waals surface area (Å²) in [6.07, 6.45) is 0. The zero-order chi connectivity index (χ0) is 8.72. The third-order valence-corrected chi connectivity index (χ3v) is 2.12. The molecule has 1 aromatic rings. The van der Waals surface area contributed by atoms with Crippen LogP contribution >= 0.6 is 0 Å². The van der Waals surface area contributed by atoms with Crippen molar-refractivity contribution in [2.24, 2.45) is 0 Å². The number of rotatable bonds is 0. The Kier molecular flexibility index (Phi) is 1.33.